The Bertz CT molecular complexity index is 107. The summed E-state index contributed by atoms with van der Waals surface area (Å²) in [4.78, 5) is 4.08. The van der Waals surface area contributed by atoms with Crippen molar-refractivity contribution in [1.29, 1.82) is 0 Å². The van der Waals surface area contributed by atoms with Gasteiger partial charge in [0.15, 0.2) is 0 Å². The van der Waals surface area contributed by atoms with Crippen molar-refractivity contribution in [2.45, 2.75) is 20.3 Å². The van der Waals surface area contributed by atoms with Crippen LogP contribution in [0.2, 0.25) is 0 Å². The van der Waals surface area contributed by atoms with Crippen molar-refractivity contribution in [2.24, 2.45) is 4.99 Å². The highest BCUT2D eigenvalue weighted by atomic mass is 32.2. The van der Waals surface area contributed by atoms with Gasteiger partial charge >= 0.3 is 0 Å². The Morgan fingerprint density at radius 1 is 1.67 bits per heavy atom. The summed E-state index contributed by atoms with van der Waals surface area (Å²) in [5, 5.41) is 1.17. The lowest BCUT2D eigenvalue weighted by Gasteiger charge is -1.95. The van der Waals surface area contributed by atoms with Gasteiger partial charge in [-0.1, -0.05) is 20.4 Å². The average Bonchev–Trinajstić information content (AvgIpc) is 1.88. The minimum Gasteiger partial charge on any atom is -0.255 e. The Balaban J connectivity index is 3.66. The van der Waals surface area contributed by atoms with Crippen LogP contribution in [0.5, 0.6) is 0 Å². The van der Waals surface area contributed by atoms with Crippen LogP contribution in [0.15, 0.2) is 17.8 Å². The lowest BCUT2D eigenvalue weighted by molar-refractivity contribution is 1.30. The maximum absolute atomic E-state index is 4.08. The van der Waals surface area contributed by atoms with Gasteiger partial charge in [0, 0.05) is 6.20 Å². The fourth-order valence-corrected chi connectivity index (χ4v) is 1.19. The fraction of sp³-hybridized carbons (Fsp3) is 0.571. The summed E-state index contributed by atoms with van der Waals surface area (Å²) in [5.41, 5.74) is 0. The van der Waals surface area contributed by atoms with Gasteiger partial charge in [-0.3, -0.25) is 4.99 Å². The summed E-state index contributed by atoms with van der Waals surface area (Å²) in [6.45, 7) is 7.76. The zero-order chi connectivity index (χ0) is 7.11. The standard InChI is InChI=1S/C7H13NS/c1-4-7(8-5-2)9-6-3/h5H,2,4,6H2,1,3H3. The molecule has 0 amide bonds. The van der Waals surface area contributed by atoms with E-state index in [4.69, 9.17) is 0 Å². The minimum absolute atomic E-state index is 1.02. The van der Waals surface area contributed by atoms with Crippen molar-refractivity contribution in [3.63, 3.8) is 0 Å². The predicted octanol–water partition coefficient (Wildman–Crippen LogP) is 2.69. The number of hydrogen-bond donors (Lipinski definition) is 0. The van der Waals surface area contributed by atoms with Crippen LogP contribution in [0.1, 0.15) is 20.3 Å². The first-order valence-electron chi connectivity index (χ1n) is 3.15. The van der Waals surface area contributed by atoms with Crippen LogP contribution in [0.3, 0.4) is 0 Å². The Morgan fingerprint density at radius 3 is 2.67 bits per heavy atom. The molecular weight excluding hydrogens is 130 g/mol. The Morgan fingerprint density at radius 2 is 2.33 bits per heavy atom. The number of aliphatic imine (C=N–C) groups is 1. The van der Waals surface area contributed by atoms with Gasteiger partial charge in [0.1, 0.15) is 0 Å². The van der Waals surface area contributed by atoms with Crippen molar-refractivity contribution >= 4 is 16.8 Å². The molecule has 0 aliphatic heterocycles. The third-order valence-electron chi connectivity index (χ3n) is 0.849. The molecule has 52 valence electrons. The summed E-state index contributed by atoms with van der Waals surface area (Å²) in [6.07, 6.45) is 2.62. The van der Waals surface area contributed by atoms with E-state index in [1.54, 1.807) is 18.0 Å². The maximum atomic E-state index is 4.08. The van der Waals surface area contributed by atoms with Crippen LogP contribution in [-0.4, -0.2) is 10.8 Å². The zero-order valence-corrected chi connectivity index (χ0v) is 6.87. The number of hydrogen-bond acceptors (Lipinski definition) is 2. The number of nitrogens with zero attached hydrogens (tertiary/aromatic N) is 1. The van der Waals surface area contributed by atoms with E-state index < -0.39 is 0 Å². The Labute approximate surface area is 61.3 Å². The monoisotopic (exact) mass is 143 g/mol. The lowest BCUT2D eigenvalue weighted by Crippen LogP contribution is -1.87. The largest absolute Gasteiger partial charge is 0.255 e. The molecule has 2 heteroatoms. The van der Waals surface area contributed by atoms with Gasteiger partial charge in [0.25, 0.3) is 0 Å². The first kappa shape index (κ1) is 8.76. The molecule has 0 aromatic carbocycles. The van der Waals surface area contributed by atoms with Gasteiger partial charge in [0.2, 0.25) is 0 Å². The van der Waals surface area contributed by atoms with Crippen molar-refractivity contribution < 1.29 is 0 Å². The average molecular weight is 143 g/mol. The van der Waals surface area contributed by atoms with E-state index in [1.807, 2.05) is 0 Å². The second kappa shape index (κ2) is 5.89. The van der Waals surface area contributed by atoms with Crippen LogP contribution >= 0.6 is 11.8 Å². The van der Waals surface area contributed by atoms with Gasteiger partial charge < -0.3 is 0 Å². The van der Waals surface area contributed by atoms with Gasteiger partial charge in [-0.2, -0.15) is 0 Å². The zero-order valence-electron chi connectivity index (χ0n) is 6.05. The molecule has 0 N–H and O–H groups in total. The third kappa shape index (κ3) is 4.28. The summed E-state index contributed by atoms with van der Waals surface area (Å²) >= 11 is 1.78. The highest BCUT2D eigenvalue weighted by Gasteiger charge is 1.90. The molecule has 0 aliphatic carbocycles. The Kier molecular flexibility index (Phi) is 5.73. The fourth-order valence-electron chi connectivity index (χ4n) is 0.499. The summed E-state index contributed by atoms with van der Waals surface area (Å²) in [5.74, 6) is 1.10. The quantitative estimate of drug-likeness (QED) is 0.437. The second-order valence-electron chi connectivity index (χ2n) is 1.49. The highest BCUT2D eigenvalue weighted by molar-refractivity contribution is 8.13. The van der Waals surface area contributed by atoms with Gasteiger partial charge in [-0.25, -0.2) is 0 Å². The molecule has 0 radical (unpaired) electrons. The number of rotatable bonds is 3. The van der Waals surface area contributed by atoms with E-state index in [1.165, 1.54) is 5.04 Å². The molecule has 9 heavy (non-hydrogen) atoms. The van der Waals surface area contributed by atoms with Gasteiger partial charge in [-0.05, 0) is 12.2 Å². The van der Waals surface area contributed by atoms with E-state index in [9.17, 15) is 0 Å². The van der Waals surface area contributed by atoms with Crippen molar-refractivity contribution in [1.82, 2.24) is 0 Å². The van der Waals surface area contributed by atoms with Crippen LogP contribution in [0.25, 0.3) is 0 Å². The topological polar surface area (TPSA) is 12.4 Å². The first-order valence-corrected chi connectivity index (χ1v) is 4.14. The molecule has 0 saturated carbocycles. The second-order valence-corrected chi connectivity index (χ2v) is 2.83. The molecule has 0 fully saturated rings. The first-order chi connectivity index (χ1) is 4.35. The predicted molar refractivity (Wildman–Crippen MR) is 46.1 cm³/mol. The van der Waals surface area contributed by atoms with Gasteiger partial charge in [0.05, 0.1) is 5.04 Å². The summed E-state index contributed by atoms with van der Waals surface area (Å²) in [7, 11) is 0. The molecule has 0 unspecified atom stereocenters. The molecule has 1 nitrogen and oxygen atoms in total. The highest BCUT2D eigenvalue weighted by Crippen LogP contribution is 2.06. The summed E-state index contributed by atoms with van der Waals surface area (Å²) in [6, 6.07) is 0. The van der Waals surface area contributed by atoms with Crippen LogP contribution in [0, 0.1) is 0 Å². The third-order valence-corrected chi connectivity index (χ3v) is 1.86. The molecule has 0 heterocycles. The van der Waals surface area contributed by atoms with E-state index in [0.29, 0.717) is 0 Å². The van der Waals surface area contributed by atoms with Crippen LogP contribution in [-0.2, 0) is 0 Å². The lowest BCUT2D eigenvalue weighted by atomic mass is 10.5. The minimum atomic E-state index is 1.02. The molecule has 0 rings (SSSR count). The molecule has 0 aromatic heterocycles. The number of thioether (sulfide) groups is 1. The van der Waals surface area contributed by atoms with Crippen molar-refractivity contribution in [3.8, 4) is 0 Å². The molecule has 0 atom stereocenters. The molecule has 0 bridgehead atoms. The van der Waals surface area contributed by atoms with Gasteiger partial charge in [-0.15, -0.1) is 11.8 Å². The van der Waals surface area contributed by atoms with E-state index >= 15 is 0 Å². The van der Waals surface area contributed by atoms with Crippen LogP contribution in [0.4, 0.5) is 0 Å². The van der Waals surface area contributed by atoms with Crippen LogP contribution < -0.4 is 0 Å². The van der Waals surface area contributed by atoms with E-state index in [-0.39, 0.29) is 0 Å². The van der Waals surface area contributed by atoms with Crippen molar-refractivity contribution in [2.75, 3.05) is 5.75 Å². The molecule has 0 saturated heterocycles. The molecule has 0 aromatic rings. The molecule has 0 aliphatic rings. The molecular formula is C7H13NS. The summed E-state index contributed by atoms with van der Waals surface area (Å²) < 4.78 is 0. The van der Waals surface area contributed by atoms with E-state index in [0.717, 1.165) is 12.2 Å². The smallest absolute Gasteiger partial charge is 0.0728 e. The maximum Gasteiger partial charge on any atom is 0.0728 e. The SMILES string of the molecule is C=CN=C(CC)SCC. The normalized spacial score (nSPS) is 11.6. The van der Waals surface area contributed by atoms with Crippen molar-refractivity contribution in [3.05, 3.63) is 12.8 Å². The van der Waals surface area contributed by atoms with E-state index in [2.05, 4.69) is 25.4 Å². The Hall–Kier alpha value is -0.240. The molecule has 0 spiro atoms.